The maximum atomic E-state index is 11.5. The molecule has 1 saturated heterocycles. The summed E-state index contributed by atoms with van der Waals surface area (Å²) in [5.74, 6) is 1.96. The third-order valence-corrected chi connectivity index (χ3v) is 6.50. The van der Waals surface area contributed by atoms with Crippen LogP contribution in [0.25, 0.3) is 11.0 Å². The molecule has 9 nitrogen and oxygen atoms in total. The van der Waals surface area contributed by atoms with E-state index in [2.05, 4.69) is 20.2 Å². The van der Waals surface area contributed by atoms with E-state index in [1.165, 1.54) is 0 Å². The molecule has 2 aliphatic heterocycles. The molecule has 2 aliphatic rings. The average Bonchev–Trinajstić information content (AvgIpc) is 2.88. The van der Waals surface area contributed by atoms with Crippen LogP contribution in [0.4, 0.5) is 5.69 Å². The van der Waals surface area contributed by atoms with Crippen LogP contribution in [0.1, 0.15) is 18.4 Å². The fourth-order valence-corrected chi connectivity index (χ4v) is 4.62. The molecule has 1 fully saturated rings. The van der Waals surface area contributed by atoms with Gasteiger partial charge >= 0.3 is 0 Å². The summed E-state index contributed by atoms with van der Waals surface area (Å²) in [7, 11) is 1.57. The van der Waals surface area contributed by atoms with E-state index in [0.29, 0.717) is 63.6 Å². The summed E-state index contributed by atoms with van der Waals surface area (Å²) in [5.41, 5.74) is 2.06. The van der Waals surface area contributed by atoms with Crippen molar-refractivity contribution in [2.45, 2.75) is 24.5 Å². The van der Waals surface area contributed by atoms with Crippen molar-refractivity contribution < 1.29 is 24.4 Å². The van der Waals surface area contributed by atoms with Gasteiger partial charge in [-0.15, -0.1) is 0 Å². The molecule has 3 aromatic rings. The number of hydrogen-bond acceptors (Lipinski definition) is 9. The number of rotatable bonds is 7. The number of ether oxygens (including phenoxy) is 3. The summed E-state index contributed by atoms with van der Waals surface area (Å²) in [6, 6.07) is 11.2. The Morgan fingerprint density at radius 2 is 1.91 bits per heavy atom. The number of benzene rings is 1. The van der Waals surface area contributed by atoms with E-state index in [0.717, 1.165) is 28.3 Å². The van der Waals surface area contributed by atoms with E-state index in [9.17, 15) is 10.2 Å². The SMILES string of the molecule is COc1ccc2nccc(C3(O)CCN(CC(O)CNc4ccc5c(c4)OCCO5)CC3)c2n1. The number of β-amino-alcohol motifs (C(OH)–C–C–N with tert-alkyl or cyclic N) is 1. The van der Waals surface area contributed by atoms with Crippen LogP contribution in [0.15, 0.2) is 42.6 Å². The number of likely N-dealkylation sites (tertiary alicyclic amines) is 1. The first-order valence-corrected chi connectivity index (χ1v) is 11.6. The molecular formula is C25H30N4O5. The van der Waals surface area contributed by atoms with Crippen molar-refractivity contribution in [2.24, 2.45) is 0 Å². The normalized spacial score (nSPS) is 18.4. The number of anilines is 1. The van der Waals surface area contributed by atoms with Crippen LogP contribution in [0.3, 0.4) is 0 Å². The lowest BCUT2D eigenvalue weighted by atomic mass is 9.84. The largest absolute Gasteiger partial charge is 0.486 e. The molecule has 1 aromatic carbocycles. The minimum atomic E-state index is -0.995. The lowest BCUT2D eigenvalue weighted by molar-refractivity contribution is -0.0324. The highest BCUT2D eigenvalue weighted by atomic mass is 16.6. The summed E-state index contributed by atoms with van der Waals surface area (Å²) in [6.07, 6.45) is 2.26. The molecule has 0 bridgehead atoms. The molecule has 0 amide bonds. The number of aliphatic hydroxyl groups excluding tert-OH is 1. The van der Waals surface area contributed by atoms with Gasteiger partial charge in [-0.1, -0.05) is 0 Å². The zero-order valence-electron chi connectivity index (χ0n) is 19.2. The van der Waals surface area contributed by atoms with E-state index >= 15 is 0 Å². The van der Waals surface area contributed by atoms with Crippen LogP contribution in [-0.2, 0) is 5.60 Å². The van der Waals surface area contributed by atoms with Gasteiger partial charge in [-0.3, -0.25) is 4.98 Å². The number of aromatic nitrogens is 2. The minimum absolute atomic E-state index is 0.416. The van der Waals surface area contributed by atoms with Gasteiger partial charge in [-0.2, -0.15) is 0 Å². The van der Waals surface area contributed by atoms with Gasteiger partial charge in [0.25, 0.3) is 0 Å². The van der Waals surface area contributed by atoms with Crippen molar-refractivity contribution in [3.05, 3.63) is 48.2 Å². The van der Waals surface area contributed by atoms with E-state index in [1.807, 2.05) is 30.3 Å². The fourth-order valence-electron chi connectivity index (χ4n) is 4.62. The number of piperidine rings is 1. The fraction of sp³-hybridized carbons (Fsp3) is 0.440. The van der Waals surface area contributed by atoms with Crippen LogP contribution in [0.2, 0.25) is 0 Å². The van der Waals surface area contributed by atoms with Gasteiger partial charge in [-0.25, -0.2) is 4.98 Å². The number of nitrogens with one attached hydrogen (secondary N) is 1. The van der Waals surface area contributed by atoms with E-state index < -0.39 is 11.7 Å². The smallest absolute Gasteiger partial charge is 0.213 e. The minimum Gasteiger partial charge on any atom is -0.486 e. The Labute approximate surface area is 198 Å². The Hall–Kier alpha value is -3.14. The van der Waals surface area contributed by atoms with Gasteiger partial charge < -0.3 is 34.6 Å². The van der Waals surface area contributed by atoms with Crippen LogP contribution in [-0.4, -0.2) is 77.7 Å². The average molecular weight is 467 g/mol. The van der Waals surface area contributed by atoms with Crippen LogP contribution >= 0.6 is 0 Å². The Kier molecular flexibility index (Phi) is 6.40. The standard InChI is InChI=1S/C25H30N4O5/c1-32-23-5-3-20-24(28-23)19(6-9-26-20)25(31)7-10-29(11-8-25)16-18(30)15-27-17-2-4-21-22(14-17)34-13-12-33-21/h2-6,9,14,18,27,30-31H,7-8,10-13,15-16H2,1H3. The molecular weight excluding hydrogens is 436 g/mol. The van der Waals surface area contributed by atoms with Gasteiger partial charge in [0, 0.05) is 55.8 Å². The molecule has 1 unspecified atom stereocenters. The Balaban J connectivity index is 1.17. The Bertz CT molecular complexity index is 1150. The first-order chi connectivity index (χ1) is 16.5. The Morgan fingerprint density at radius 1 is 1.12 bits per heavy atom. The summed E-state index contributed by atoms with van der Waals surface area (Å²) in [4.78, 5) is 11.1. The monoisotopic (exact) mass is 466 g/mol. The zero-order chi connectivity index (χ0) is 23.5. The summed E-state index contributed by atoms with van der Waals surface area (Å²) >= 11 is 0. The first kappa shape index (κ1) is 22.6. The topological polar surface area (TPSA) is 109 Å². The molecule has 180 valence electrons. The van der Waals surface area contributed by atoms with Crippen molar-refractivity contribution in [1.82, 2.24) is 14.9 Å². The number of aliphatic hydroxyl groups is 2. The first-order valence-electron chi connectivity index (χ1n) is 11.6. The van der Waals surface area contributed by atoms with Crippen LogP contribution in [0, 0.1) is 0 Å². The third kappa shape index (κ3) is 4.72. The van der Waals surface area contributed by atoms with Crippen molar-refractivity contribution in [2.75, 3.05) is 51.8 Å². The molecule has 34 heavy (non-hydrogen) atoms. The molecule has 0 spiro atoms. The molecule has 0 radical (unpaired) electrons. The molecule has 9 heteroatoms. The predicted octanol–water partition coefficient (Wildman–Crippen LogP) is 2.17. The predicted molar refractivity (Wildman–Crippen MR) is 128 cm³/mol. The van der Waals surface area contributed by atoms with Crippen molar-refractivity contribution in [3.8, 4) is 17.4 Å². The second kappa shape index (κ2) is 9.61. The molecule has 0 saturated carbocycles. The lowest BCUT2D eigenvalue weighted by Gasteiger charge is -2.39. The number of pyridine rings is 2. The summed E-state index contributed by atoms with van der Waals surface area (Å²) in [6.45, 7) is 3.39. The van der Waals surface area contributed by atoms with Gasteiger partial charge in [0.2, 0.25) is 5.88 Å². The van der Waals surface area contributed by atoms with Crippen molar-refractivity contribution >= 4 is 16.7 Å². The highest BCUT2D eigenvalue weighted by Gasteiger charge is 2.36. The molecule has 0 aliphatic carbocycles. The van der Waals surface area contributed by atoms with Gasteiger partial charge in [0.05, 0.1) is 29.8 Å². The molecule has 1 atom stereocenters. The maximum Gasteiger partial charge on any atom is 0.213 e. The number of hydrogen-bond donors (Lipinski definition) is 3. The van der Waals surface area contributed by atoms with Crippen molar-refractivity contribution in [1.29, 1.82) is 0 Å². The summed E-state index contributed by atoms with van der Waals surface area (Å²) in [5, 5.41) is 25.3. The molecule has 5 rings (SSSR count). The molecule has 2 aromatic heterocycles. The zero-order valence-corrected chi connectivity index (χ0v) is 19.2. The van der Waals surface area contributed by atoms with Gasteiger partial charge in [-0.05, 0) is 37.1 Å². The quantitative estimate of drug-likeness (QED) is 0.483. The van der Waals surface area contributed by atoms with Crippen LogP contribution < -0.4 is 19.5 Å². The highest BCUT2D eigenvalue weighted by molar-refractivity contribution is 5.79. The van der Waals surface area contributed by atoms with Crippen molar-refractivity contribution in [3.63, 3.8) is 0 Å². The lowest BCUT2D eigenvalue weighted by Crippen LogP contribution is -2.46. The van der Waals surface area contributed by atoms with E-state index in [4.69, 9.17) is 14.2 Å². The number of methoxy groups -OCH3 is 1. The Morgan fingerprint density at radius 3 is 2.71 bits per heavy atom. The highest BCUT2D eigenvalue weighted by Crippen LogP contribution is 2.36. The van der Waals surface area contributed by atoms with Gasteiger partial charge in [0.1, 0.15) is 13.2 Å². The second-order valence-electron chi connectivity index (χ2n) is 8.81. The van der Waals surface area contributed by atoms with Gasteiger partial charge in [0.15, 0.2) is 11.5 Å². The maximum absolute atomic E-state index is 11.5. The second-order valence-corrected chi connectivity index (χ2v) is 8.81. The van der Waals surface area contributed by atoms with E-state index in [1.54, 1.807) is 19.4 Å². The number of fused-ring (bicyclic) bond motifs is 2. The van der Waals surface area contributed by atoms with Crippen LogP contribution in [0.5, 0.6) is 17.4 Å². The van der Waals surface area contributed by atoms with E-state index in [-0.39, 0.29) is 0 Å². The number of nitrogens with zero attached hydrogens (tertiary/aromatic N) is 3. The molecule has 3 N–H and O–H groups in total. The molecule has 4 heterocycles. The summed E-state index contributed by atoms with van der Waals surface area (Å²) < 4.78 is 16.4. The third-order valence-electron chi connectivity index (χ3n) is 6.50.